The van der Waals surface area contributed by atoms with Gasteiger partial charge in [-0.25, -0.2) is 4.79 Å². The van der Waals surface area contributed by atoms with Gasteiger partial charge in [-0.3, -0.25) is 9.17 Å². The van der Waals surface area contributed by atoms with Crippen molar-refractivity contribution in [3.8, 4) is 5.75 Å². The smallest absolute Gasteiger partial charge is 0.337 e. The molecule has 2 aromatic rings. The van der Waals surface area contributed by atoms with Crippen LogP contribution in [0, 0.1) is 0 Å². The van der Waals surface area contributed by atoms with Gasteiger partial charge in [0.25, 0.3) is 10.1 Å². The van der Waals surface area contributed by atoms with Crippen LogP contribution in [0.3, 0.4) is 0 Å². The highest BCUT2D eigenvalue weighted by atomic mass is 32.2. The van der Waals surface area contributed by atoms with Crippen LogP contribution in [0.1, 0.15) is 30.7 Å². The Bertz CT molecular complexity index is 878. The molecule has 1 aromatic carbocycles. The second-order valence-corrected chi connectivity index (χ2v) is 8.10. The van der Waals surface area contributed by atoms with Crippen molar-refractivity contribution in [1.29, 1.82) is 0 Å². The topological polar surface area (TPSA) is 91.8 Å². The van der Waals surface area contributed by atoms with Gasteiger partial charge >= 0.3 is 5.97 Å². The predicted molar refractivity (Wildman–Crippen MR) is 109 cm³/mol. The number of hydrogen-bond acceptors (Lipinski definition) is 7. The average Bonchev–Trinajstić information content (AvgIpc) is 2.68. The second-order valence-electron chi connectivity index (χ2n) is 6.50. The first kappa shape index (κ1) is 22.8. The van der Waals surface area contributed by atoms with Crippen molar-refractivity contribution < 1.29 is 26.9 Å². The second kappa shape index (κ2) is 10.9. The Labute approximate surface area is 172 Å². The highest BCUT2D eigenvalue weighted by Gasteiger charge is 2.25. The van der Waals surface area contributed by atoms with Crippen molar-refractivity contribution in [2.75, 3.05) is 19.5 Å². The van der Waals surface area contributed by atoms with Crippen molar-refractivity contribution in [3.05, 3.63) is 59.4 Å². The number of aromatic nitrogens is 1. The number of carbonyl (C=O) groups excluding carboxylic acids is 1. The van der Waals surface area contributed by atoms with E-state index in [-0.39, 0.29) is 13.0 Å². The molecule has 8 heteroatoms. The normalized spacial score (nSPS) is 12.4. The molecule has 0 fully saturated rings. The molecule has 0 bridgehead atoms. The number of benzene rings is 1. The lowest BCUT2D eigenvalue weighted by Crippen LogP contribution is -2.31. The van der Waals surface area contributed by atoms with Crippen molar-refractivity contribution >= 4 is 16.1 Å². The summed E-state index contributed by atoms with van der Waals surface area (Å²) >= 11 is 0. The Morgan fingerprint density at radius 2 is 1.76 bits per heavy atom. The Morgan fingerprint density at radius 1 is 1.07 bits per heavy atom. The van der Waals surface area contributed by atoms with Gasteiger partial charge in [-0.2, -0.15) is 8.42 Å². The number of esters is 1. The van der Waals surface area contributed by atoms with E-state index in [4.69, 9.17) is 13.7 Å². The predicted octanol–water partition coefficient (Wildman–Crippen LogP) is 2.72. The Balaban J connectivity index is 1.90. The first-order valence-corrected chi connectivity index (χ1v) is 11.3. The fraction of sp³-hybridized carbons (Fsp3) is 0.429. The molecule has 0 radical (unpaired) electrons. The van der Waals surface area contributed by atoms with Crippen molar-refractivity contribution in [2.45, 2.75) is 39.2 Å². The van der Waals surface area contributed by atoms with Gasteiger partial charge in [-0.15, -0.1) is 0 Å². The van der Waals surface area contributed by atoms with Crippen LogP contribution in [0.2, 0.25) is 0 Å². The summed E-state index contributed by atoms with van der Waals surface area (Å²) in [6, 6.07) is 11.1. The zero-order valence-corrected chi connectivity index (χ0v) is 17.8. The van der Waals surface area contributed by atoms with E-state index in [2.05, 4.69) is 18.0 Å². The van der Waals surface area contributed by atoms with E-state index < -0.39 is 22.2 Å². The van der Waals surface area contributed by atoms with Gasteiger partial charge in [0.1, 0.15) is 5.75 Å². The maximum atomic E-state index is 12.0. The standard InChI is InChI=1S/C21H27NO6S/c1-4-16-6-9-18(22-15-16)12-13-27-19-10-7-17(8-11-19)14-20(21(23)26-5-2)28-29(3,24)25/h6-11,15,20H,4-5,12-14H2,1-3H3. The summed E-state index contributed by atoms with van der Waals surface area (Å²) in [5.41, 5.74) is 2.90. The van der Waals surface area contributed by atoms with Gasteiger partial charge in [0, 0.05) is 24.7 Å². The van der Waals surface area contributed by atoms with E-state index >= 15 is 0 Å². The lowest BCUT2D eigenvalue weighted by Gasteiger charge is -2.15. The van der Waals surface area contributed by atoms with Crippen LogP contribution in [0.15, 0.2) is 42.6 Å². The molecule has 0 saturated heterocycles. The van der Waals surface area contributed by atoms with Crippen LogP contribution >= 0.6 is 0 Å². The molecule has 158 valence electrons. The minimum Gasteiger partial charge on any atom is -0.493 e. The van der Waals surface area contributed by atoms with Gasteiger partial charge in [0.2, 0.25) is 0 Å². The van der Waals surface area contributed by atoms with E-state index in [9.17, 15) is 13.2 Å². The first-order chi connectivity index (χ1) is 13.8. The fourth-order valence-corrected chi connectivity index (χ4v) is 3.19. The Kier molecular flexibility index (Phi) is 8.60. The van der Waals surface area contributed by atoms with Crippen LogP contribution < -0.4 is 4.74 Å². The minimum atomic E-state index is -3.79. The first-order valence-electron chi connectivity index (χ1n) is 9.51. The molecule has 0 aliphatic heterocycles. The molecule has 2 rings (SSSR count). The number of hydrogen-bond donors (Lipinski definition) is 0. The molecule has 1 heterocycles. The third-order valence-electron chi connectivity index (χ3n) is 4.11. The van der Waals surface area contributed by atoms with Gasteiger partial charge in [-0.05, 0) is 42.7 Å². The molecule has 0 N–H and O–H groups in total. The molecule has 0 aliphatic rings. The summed E-state index contributed by atoms with van der Waals surface area (Å²) in [7, 11) is -3.79. The van der Waals surface area contributed by atoms with E-state index in [0.29, 0.717) is 18.8 Å². The molecular formula is C21H27NO6S. The van der Waals surface area contributed by atoms with Crippen LogP contribution in [0.4, 0.5) is 0 Å². The zero-order valence-electron chi connectivity index (χ0n) is 17.0. The molecular weight excluding hydrogens is 394 g/mol. The molecule has 29 heavy (non-hydrogen) atoms. The SMILES string of the molecule is CCOC(=O)C(Cc1ccc(OCCc2ccc(CC)cn2)cc1)OS(C)(=O)=O. The molecule has 7 nitrogen and oxygen atoms in total. The Morgan fingerprint density at radius 3 is 2.31 bits per heavy atom. The zero-order chi connectivity index (χ0) is 21.3. The molecule has 0 aliphatic carbocycles. The summed E-state index contributed by atoms with van der Waals surface area (Å²) in [6.45, 7) is 4.37. The van der Waals surface area contributed by atoms with Crippen molar-refractivity contribution in [2.24, 2.45) is 0 Å². The van der Waals surface area contributed by atoms with Gasteiger partial charge in [-0.1, -0.05) is 25.1 Å². The molecule has 0 spiro atoms. The van der Waals surface area contributed by atoms with E-state index in [1.807, 2.05) is 12.3 Å². The van der Waals surface area contributed by atoms with E-state index in [0.717, 1.165) is 23.9 Å². The number of ether oxygens (including phenoxy) is 2. The number of pyridine rings is 1. The van der Waals surface area contributed by atoms with Crippen LogP contribution in [0.5, 0.6) is 5.75 Å². The van der Waals surface area contributed by atoms with Crippen LogP contribution in [-0.4, -0.2) is 44.9 Å². The maximum absolute atomic E-state index is 12.0. The average molecular weight is 422 g/mol. The van der Waals surface area contributed by atoms with Crippen LogP contribution in [0.25, 0.3) is 0 Å². The number of nitrogens with zero attached hydrogens (tertiary/aromatic N) is 1. The third-order valence-corrected chi connectivity index (χ3v) is 4.69. The minimum absolute atomic E-state index is 0.0832. The van der Waals surface area contributed by atoms with Crippen molar-refractivity contribution in [3.63, 3.8) is 0 Å². The van der Waals surface area contributed by atoms with Gasteiger partial charge < -0.3 is 9.47 Å². The lowest BCUT2D eigenvalue weighted by atomic mass is 10.1. The summed E-state index contributed by atoms with van der Waals surface area (Å²) in [6.07, 6.45) is 3.30. The largest absolute Gasteiger partial charge is 0.493 e. The van der Waals surface area contributed by atoms with Crippen LogP contribution in [-0.2, 0) is 43.1 Å². The number of rotatable bonds is 11. The highest BCUT2D eigenvalue weighted by molar-refractivity contribution is 7.86. The molecule has 0 saturated carbocycles. The molecule has 1 unspecified atom stereocenters. The number of carbonyl (C=O) groups is 1. The van der Waals surface area contributed by atoms with Gasteiger partial charge in [0.15, 0.2) is 6.10 Å². The molecule has 1 atom stereocenters. The monoisotopic (exact) mass is 421 g/mol. The van der Waals surface area contributed by atoms with E-state index in [1.165, 1.54) is 5.56 Å². The summed E-state index contributed by atoms with van der Waals surface area (Å²) in [5, 5.41) is 0. The Hall–Kier alpha value is -2.45. The highest BCUT2D eigenvalue weighted by Crippen LogP contribution is 2.16. The summed E-state index contributed by atoms with van der Waals surface area (Å²) in [5.74, 6) is -0.0320. The summed E-state index contributed by atoms with van der Waals surface area (Å²) in [4.78, 5) is 16.4. The quantitative estimate of drug-likeness (QED) is 0.407. The lowest BCUT2D eigenvalue weighted by molar-refractivity contribution is -0.151. The van der Waals surface area contributed by atoms with Gasteiger partial charge in [0.05, 0.1) is 19.5 Å². The maximum Gasteiger partial charge on any atom is 0.337 e. The van der Waals surface area contributed by atoms with Crippen molar-refractivity contribution in [1.82, 2.24) is 4.98 Å². The third kappa shape index (κ3) is 8.21. The number of aryl methyl sites for hydroxylation is 1. The molecule has 1 aromatic heterocycles. The summed E-state index contributed by atoms with van der Waals surface area (Å²) < 4.78 is 38.3. The molecule has 0 amide bonds. The fourth-order valence-electron chi connectivity index (χ4n) is 2.62. The van der Waals surface area contributed by atoms with E-state index in [1.54, 1.807) is 31.2 Å².